The molecule has 0 saturated carbocycles. The topological polar surface area (TPSA) is 94.5 Å². The van der Waals surface area contributed by atoms with E-state index in [2.05, 4.69) is 26.3 Å². The number of aromatic amines is 1. The van der Waals surface area contributed by atoms with Crippen LogP contribution < -0.4 is 5.32 Å². The number of anilines is 1. The van der Waals surface area contributed by atoms with Crippen LogP contribution in [0.2, 0.25) is 0 Å². The monoisotopic (exact) mass is 289 g/mol. The molecule has 1 atom stereocenters. The summed E-state index contributed by atoms with van der Waals surface area (Å²) in [6, 6.07) is 9.45. The summed E-state index contributed by atoms with van der Waals surface area (Å²) in [5, 5.41) is 12.1. The van der Waals surface area contributed by atoms with Crippen LogP contribution in [0.1, 0.15) is 12.5 Å². The van der Waals surface area contributed by atoms with Gasteiger partial charge in [0.15, 0.2) is 5.41 Å². The maximum Gasteiger partial charge on any atom is 0.249 e. The quantitative estimate of drug-likeness (QED) is 0.719. The van der Waals surface area contributed by atoms with Gasteiger partial charge in [-0.15, -0.1) is 0 Å². The molecular weight excluding hydrogens is 278 g/mol. The fourth-order valence-electron chi connectivity index (χ4n) is 2.70. The Hall–Kier alpha value is -3.20. The lowest BCUT2D eigenvalue weighted by Crippen LogP contribution is -2.28. The van der Waals surface area contributed by atoms with E-state index in [-0.39, 0.29) is 5.91 Å². The summed E-state index contributed by atoms with van der Waals surface area (Å²) in [7, 11) is 0. The molecule has 0 spiro atoms. The zero-order chi connectivity index (χ0) is 15.3. The average molecular weight is 289 g/mol. The lowest BCUT2D eigenvalue weighted by molar-refractivity contribution is -0.118. The minimum Gasteiger partial charge on any atom is -0.338 e. The van der Waals surface area contributed by atoms with Crippen molar-refractivity contribution in [1.29, 1.82) is 5.26 Å². The molecule has 0 aliphatic carbocycles. The molecule has 6 heteroatoms. The second-order valence-corrected chi connectivity index (χ2v) is 5.43. The summed E-state index contributed by atoms with van der Waals surface area (Å²) < 4.78 is 0. The molecule has 106 valence electrons. The zero-order valence-electron chi connectivity index (χ0n) is 11.7. The van der Waals surface area contributed by atoms with Crippen LogP contribution in [-0.2, 0) is 10.2 Å². The van der Waals surface area contributed by atoms with Gasteiger partial charge in [0.25, 0.3) is 0 Å². The summed E-state index contributed by atoms with van der Waals surface area (Å²) in [5.41, 5.74) is 2.63. The second-order valence-electron chi connectivity index (χ2n) is 5.43. The number of aromatic nitrogens is 3. The standard InChI is InChI=1S/C16H11N5O/c1-16(8-17)10-6-12-13(7-11(10)21-15(16)22)20-14(19-12)9-2-4-18-5-3-9/h2-7H,1H3,(H,19,20)(H,21,22). The number of carbonyl (C=O) groups is 1. The molecule has 3 heterocycles. The number of fused-ring (bicyclic) bond motifs is 2. The molecule has 6 nitrogen and oxygen atoms in total. The molecule has 0 radical (unpaired) electrons. The highest BCUT2D eigenvalue weighted by Crippen LogP contribution is 2.39. The van der Waals surface area contributed by atoms with Crippen molar-refractivity contribution in [2.45, 2.75) is 12.3 Å². The van der Waals surface area contributed by atoms with Gasteiger partial charge in [-0.1, -0.05) is 0 Å². The summed E-state index contributed by atoms with van der Waals surface area (Å²) in [6.45, 7) is 1.62. The first-order valence-corrected chi connectivity index (χ1v) is 6.79. The summed E-state index contributed by atoms with van der Waals surface area (Å²) in [6.07, 6.45) is 3.41. The molecular formula is C16H11N5O. The normalized spacial score (nSPS) is 19.7. The minimum atomic E-state index is -1.17. The first-order valence-electron chi connectivity index (χ1n) is 6.79. The van der Waals surface area contributed by atoms with Gasteiger partial charge >= 0.3 is 0 Å². The molecule has 3 aromatic rings. The molecule has 0 saturated heterocycles. The number of nitrogens with one attached hydrogen (secondary N) is 2. The van der Waals surface area contributed by atoms with E-state index >= 15 is 0 Å². The molecule has 1 aliphatic rings. The van der Waals surface area contributed by atoms with Gasteiger partial charge < -0.3 is 10.3 Å². The van der Waals surface area contributed by atoms with Crippen molar-refractivity contribution in [3.63, 3.8) is 0 Å². The Kier molecular flexibility index (Phi) is 2.36. The molecule has 1 amide bonds. The van der Waals surface area contributed by atoms with E-state index in [1.165, 1.54) is 0 Å². The first-order chi connectivity index (χ1) is 10.6. The van der Waals surface area contributed by atoms with Crippen molar-refractivity contribution >= 4 is 22.6 Å². The Balaban J connectivity index is 1.92. The van der Waals surface area contributed by atoms with Crippen LogP contribution in [0.4, 0.5) is 5.69 Å². The third kappa shape index (κ3) is 1.56. The largest absolute Gasteiger partial charge is 0.338 e. The minimum absolute atomic E-state index is 0.299. The number of imidazole rings is 1. The van der Waals surface area contributed by atoms with Crippen LogP contribution in [0.3, 0.4) is 0 Å². The first kappa shape index (κ1) is 12.5. The Bertz CT molecular complexity index is 954. The van der Waals surface area contributed by atoms with Crippen molar-refractivity contribution in [3.8, 4) is 17.5 Å². The van der Waals surface area contributed by atoms with Crippen LogP contribution in [-0.4, -0.2) is 20.9 Å². The van der Waals surface area contributed by atoms with Crippen molar-refractivity contribution in [2.24, 2.45) is 0 Å². The van der Waals surface area contributed by atoms with Crippen LogP contribution in [0.5, 0.6) is 0 Å². The zero-order valence-corrected chi connectivity index (χ0v) is 11.7. The van der Waals surface area contributed by atoms with E-state index in [1.54, 1.807) is 25.4 Å². The SMILES string of the molecule is CC1(C#N)C(=O)Nc2cc3[nH]c(-c4ccncc4)nc3cc21. The second kappa shape index (κ2) is 4.15. The van der Waals surface area contributed by atoms with Gasteiger partial charge in [-0.2, -0.15) is 5.26 Å². The summed E-state index contributed by atoms with van der Waals surface area (Å²) in [5.74, 6) is 0.429. The van der Waals surface area contributed by atoms with E-state index in [9.17, 15) is 10.1 Å². The predicted molar refractivity (Wildman–Crippen MR) is 80.9 cm³/mol. The maximum atomic E-state index is 12.0. The molecule has 1 unspecified atom stereocenters. The summed E-state index contributed by atoms with van der Waals surface area (Å²) >= 11 is 0. The fourth-order valence-corrected chi connectivity index (χ4v) is 2.70. The number of rotatable bonds is 1. The number of H-pyrrole nitrogens is 1. The molecule has 2 aromatic heterocycles. The number of carbonyl (C=O) groups excluding carboxylic acids is 1. The van der Waals surface area contributed by atoms with Crippen molar-refractivity contribution < 1.29 is 4.79 Å². The Morgan fingerprint density at radius 3 is 2.77 bits per heavy atom. The number of pyridine rings is 1. The summed E-state index contributed by atoms with van der Waals surface area (Å²) in [4.78, 5) is 23.8. The lowest BCUT2D eigenvalue weighted by atomic mass is 9.85. The molecule has 1 aliphatic heterocycles. The third-order valence-corrected chi connectivity index (χ3v) is 4.04. The number of nitriles is 1. The van der Waals surface area contributed by atoms with Gasteiger partial charge in [-0.25, -0.2) is 4.98 Å². The van der Waals surface area contributed by atoms with E-state index in [1.807, 2.05) is 18.2 Å². The number of benzene rings is 1. The Labute approximate surface area is 125 Å². The molecule has 2 N–H and O–H groups in total. The van der Waals surface area contributed by atoms with Gasteiger partial charge in [0.1, 0.15) is 5.82 Å². The van der Waals surface area contributed by atoms with Crippen LogP contribution in [0.25, 0.3) is 22.4 Å². The van der Waals surface area contributed by atoms with Crippen LogP contribution >= 0.6 is 0 Å². The number of hydrogen-bond donors (Lipinski definition) is 2. The molecule has 0 fully saturated rings. The van der Waals surface area contributed by atoms with Crippen molar-refractivity contribution in [1.82, 2.24) is 15.0 Å². The van der Waals surface area contributed by atoms with E-state index in [4.69, 9.17) is 0 Å². The predicted octanol–water partition coefficient (Wildman–Crippen LogP) is 2.36. The lowest BCUT2D eigenvalue weighted by Gasteiger charge is -2.10. The highest BCUT2D eigenvalue weighted by Gasteiger charge is 2.43. The van der Waals surface area contributed by atoms with Gasteiger partial charge in [-0.3, -0.25) is 9.78 Å². The van der Waals surface area contributed by atoms with E-state index in [0.29, 0.717) is 11.3 Å². The van der Waals surface area contributed by atoms with Gasteiger partial charge in [0.2, 0.25) is 5.91 Å². The van der Waals surface area contributed by atoms with Crippen LogP contribution in [0.15, 0.2) is 36.7 Å². The van der Waals surface area contributed by atoms with Crippen molar-refractivity contribution in [2.75, 3.05) is 5.32 Å². The maximum absolute atomic E-state index is 12.0. The fraction of sp³-hybridized carbons (Fsp3) is 0.125. The van der Waals surface area contributed by atoms with Gasteiger partial charge in [0, 0.05) is 29.2 Å². The van der Waals surface area contributed by atoms with E-state index in [0.717, 1.165) is 22.4 Å². The Morgan fingerprint density at radius 1 is 1.27 bits per heavy atom. The van der Waals surface area contributed by atoms with E-state index < -0.39 is 5.41 Å². The highest BCUT2D eigenvalue weighted by atomic mass is 16.2. The third-order valence-electron chi connectivity index (χ3n) is 4.04. The van der Waals surface area contributed by atoms with Crippen molar-refractivity contribution in [3.05, 3.63) is 42.2 Å². The molecule has 0 bridgehead atoms. The highest BCUT2D eigenvalue weighted by molar-refractivity contribution is 6.09. The number of amides is 1. The van der Waals surface area contributed by atoms with Crippen LogP contribution in [0, 0.1) is 11.3 Å². The van der Waals surface area contributed by atoms with Gasteiger partial charge in [0.05, 0.1) is 17.1 Å². The smallest absolute Gasteiger partial charge is 0.249 e. The molecule has 1 aromatic carbocycles. The number of hydrogen-bond acceptors (Lipinski definition) is 4. The molecule has 4 rings (SSSR count). The van der Waals surface area contributed by atoms with Gasteiger partial charge in [-0.05, 0) is 31.2 Å². The number of nitrogens with zero attached hydrogens (tertiary/aromatic N) is 3. The Morgan fingerprint density at radius 2 is 2.05 bits per heavy atom. The average Bonchev–Trinajstić information content (AvgIpc) is 3.06. The molecule has 22 heavy (non-hydrogen) atoms.